The molecule has 0 spiro atoms. The Balaban J connectivity index is 1.73. The molecule has 0 radical (unpaired) electrons. The molecule has 3 aromatic heterocycles. The predicted molar refractivity (Wildman–Crippen MR) is 107 cm³/mol. The number of nitriles is 1. The molecule has 8 heteroatoms. The van der Waals surface area contributed by atoms with Gasteiger partial charge in [0.15, 0.2) is 5.65 Å². The summed E-state index contributed by atoms with van der Waals surface area (Å²) < 4.78 is 3.77. The van der Waals surface area contributed by atoms with E-state index in [1.807, 2.05) is 34.6 Å². The van der Waals surface area contributed by atoms with Crippen LogP contribution in [0, 0.1) is 22.7 Å². The fourth-order valence-electron chi connectivity index (χ4n) is 4.10. The molecule has 8 nitrogen and oxygen atoms in total. The van der Waals surface area contributed by atoms with Crippen LogP contribution in [0.2, 0.25) is 0 Å². The lowest BCUT2D eigenvalue weighted by Crippen LogP contribution is -2.32. The molecule has 1 aliphatic carbocycles. The van der Waals surface area contributed by atoms with Gasteiger partial charge in [-0.25, -0.2) is 0 Å². The maximum atomic E-state index is 11.7. The third-order valence-corrected chi connectivity index (χ3v) is 6.43. The van der Waals surface area contributed by atoms with Gasteiger partial charge in [0.25, 0.3) is 0 Å². The normalized spacial score (nSPS) is 20.6. The summed E-state index contributed by atoms with van der Waals surface area (Å²) in [6.07, 6.45) is 10.3. The number of aliphatic carboxylic acids is 1. The van der Waals surface area contributed by atoms with E-state index in [0.29, 0.717) is 5.65 Å². The van der Waals surface area contributed by atoms with Crippen molar-refractivity contribution in [2.45, 2.75) is 52.1 Å². The van der Waals surface area contributed by atoms with Crippen LogP contribution in [0.25, 0.3) is 22.2 Å². The van der Waals surface area contributed by atoms with Gasteiger partial charge in [-0.05, 0) is 46.1 Å². The Kier molecular flexibility index (Phi) is 4.61. The van der Waals surface area contributed by atoms with Crippen LogP contribution in [-0.2, 0) is 4.79 Å². The number of hydrogen-bond donors (Lipinski definition) is 1. The van der Waals surface area contributed by atoms with Crippen LogP contribution in [0.3, 0.4) is 0 Å². The number of carboxylic acid groups (broad SMARTS) is 1. The Morgan fingerprint density at radius 3 is 2.90 bits per heavy atom. The number of aromatic nitrogens is 5. The predicted octanol–water partition coefficient (Wildman–Crippen LogP) is 3.83. The lowest BCUT2D eigenvalue weighted by atomic mass is 9.85. The van der Waals surface area contributed by atoms with E-state index in [2.05, 4.69) is 21.4 Å². The van der Waals surface area contributed by atoms with Crippen molar-refractivity contribution in [2.24, 2.45) is 11.3 Å². The van der Waals surface area contributed by atoms with Gasteiger partial charge in [0.2, 0.25) is 0 Å². The first-order chi connectivity index (χ1) is 13.8. The SMILES string of the molecule is CC(n1ccc2c(-c3cnn(C4CCCC4C#N)c3)cnnc21)C(C)(C)C(=O)O. The van der Waals surface area contributed by atoms with E-state index in [4.69, 9.17) is 0 Å². The van der Waals surface area contributed by atoms with E-state index < -0.39 is 11.4 Å². The molecule has 3 aromatic rings. The zero-order valence-corrected chi connectivity index (χ0v) is 16.8. The van der Waals surface area contributed by atoms with Crippen LogP contribution >= 0.6 is 0 Å². The third-order valence-electron chi connectivity index (χ3n) is 6.43. The topological polar surface area (TPSA) is 110 Å². The van der Waals surface area contributed by atoms with Gasteiger partial charge in [-0.1, -0.05) is 0 Å². The molecule has 3 atom stereocenters. The maximum Gasteiger partial charge on any atom is 0.311 e. The molecule has 0 aliphatic heterocycles. The van der Waals surface area contributed by atoms with E-state index in [0.717, 1.165) is 35.8 Å². The maximum absolute atomic E-state index is 11.7. The minimum Gasteiger partial charge on any atom is -0.481 e. The number of nitrogens with zero attached hydrogens (tertiary/aromatic N) is 6. The van der Waals surface area contributed by atoms with Crippen LogP contribution < -0.4 is 0 Å². The molecular formula is C21H24N6O2. The summed E-state index contributed by atoms with van der Waals surface area (Å²) in [6, 6.07) is 4.14. The van der Waals surface area contributed by atoms with Gasteiger partial charge in [-0.15, -0.1) is 5.10 Å². The standard InChI is InChI=1S/C21H24N6O2/c1-13(21(2,3)20(28)29)26-8-7-16-17(11-23-25-19(16)26)15-10-24-27(12-15)18-6-4-5-14(18)9-22/h7-8,10-14,18H,4-6H2,1-3H3,(H,28,29). The molecule has 1 fully saturated rings. The summed E-state index contributed by atoms with van der Waals surface area (Å²) in [6.45, 7) is 5.29. The monoisotopic (exact) mass is 392 g/mol. The van der Waals surface area contributed by atoms with E-state index in [1.165, 1.54) is 0 Å². The minimum atomic E-state index is -0.955. The van der Waals surface area contributed by atoms with Crippen molar-refractivity contribution in [3.8, 4) is 17.2 Å². The van der Waals surface area contributed by atoms with E-state index in [9.17, 15) is 15.2 Å². The summed E-state index contributed by atoms with van der Waals surface area (Å²) in [7, 11) is 0. The van der Waals surface area contributed by atoms with E-state index in [1.54, 1.807) is 26.2 Å². The van der Waals surface area contributed by atoms with Crippen LogP contribution in [0.1, 0.15) is 52.1 Å². The molecular weight excluding hydrogens is 368 g/mol. The zero-order chi connectivity index (χ0) is 20.8. The first-order valence-electron chi connectivity index (χ1n) is 9.84. The fourth-order valence-corrected chi connectivity index (χ4v) is 4.10. The van der Waals surface area contributed by atoms with Crippen molar-refractivity contribution >= 4 is 17.0 Å². The molecule has 1 aliphatic rings. The Labute approximate surface area is 168 Å². The highest BCUT2D eigenvalue weighted by atomic mass is 16.4. The Hall–Kier alpha value is -3.21. The average molecular weight is 392 g/mol. The van der Waals surface area contributed by atoms with Crippen LogP contribution in [-0.4, -0.2) is 35.6 Å². The van der Waals surface area contributed by atoms with E-state index in [-0.39, 0.29) is 18.0 Å². The lowest BCUT2D eigenvalue weighted by Gasteiger charge is -2.28. The first-order valence-corrected chi connectivity index (χ1v) is 9.84. The van der Waals surface area contributed by atoms with Crippen LogP contribution in [0.5, 0.6) is 0 Å². The molecule has 0 amide bonds. The highest BCUT2D eigenvalue weighted by Crippen LogP contribution is 2.38. The highest BCUT2D eigenvalue weighted by Gasteiger charge is 2.36. The van der Waals surface area contributed by atoms with Gasteiger partial charge in [0, 0.05) is 34.9 Å². The summed E-state index contributed by atoms with van der Waals surface area (Å²) in [4.78, 5) is 11.7. The number of carbonyl (C=O) groups is 1. The summed E-state index contributed by atoms with van der Waals surface area (Å²) in [5.41, 5.74) is 1.50. The van der Waals surface area contributed by atoms with Gasteiger partial charge >= 0.3 is 5.97 Å². The Bertz CT molecular complexity index is 1110. The van der Waals surface area contributed by atoms with Gasteiger partial charge in [-0.2, -0.15) is 15.5 Å². The molecule has 0 aromatic carbocycles. The first kappa shape index (κ1) is 19.1. The van der Waals surface area contributed by atoms with Crippen LogP contribution in [0.4, 0.5) is 0 Å². The van der Waals surface area contributed by atoms with Crippen molar-refractivity contribution in [1.29, 1.82) is 5.26 Å². The third kappa shape index (κ3) is 3.07. The zero-order valence-electron chi connectivity index (χ0n) is 16.8. The van der Waals surface area contributed by atoms with Crippen molar-refractivity contribution < 1.29 is 9.90 Å². The number of hydrogen-bond acceptors (Lipinski definition) is 5. The number of rotatable bonds is 5. The van der Waals surface area contributed by atoms with Crippen molar-refractivity contribution in [3.63, 3.8) is 0 Å². The smallest absolute Gasteiger partial charge is 0.311 e. The molecule has 4 rings (SSSR count). The molecule has 1 N–H and O–H groups in total. The fraction of sp³-hybridized carbons (Fsp3) is 0.476. The summed E-state index contributed by atoms with van der Waals surface area (Å²) >= 11 is 0. The van der Waals surface area contributed by atoms with Crippen LogP contribution in [0.15, 0.2) is 30.9 Å². The molecule has 29 heavy (non-hydrogen) atoms. The molecule has 1 saturated carbocycles. The molecule has 3 unspecified atom stereocenters. The summed E-state index contributed by atoms with van der Waals surface area (Å²) in [5.74, 6) is -0.862. The molecule has 150 valence electrons. The number of fused-ring (bicyclic) bond motifs is 1. The van der Waals surface area contributed by atoms with E-state index >= 15 is 0 Å². The van der Waals surface area contributed by atoms with Gasteiger partial charge in [-0.3, -0.25) is 9.48 Å². The largest absolute Gasteiger partial charge is 0.481 e. The second kappa shape index (κ2) is 6.99. The highest BCUT2D eigenvalue weighted by molar-refractivity contribution is 5.92. The minimum absolute atomic E-state index is 0.00137. The molecule has 0 saturated heterocycles. The average Bonchev–Trinajstić information content (AvgIpc) is 3.44. The van der Waals surface area contributed by atoms with Gasteiger partial charge in [0.05, 0.1) is 35.8 Å². The summed E-state index contributed by atoms with van der Waals surface area (Å²) in [5, 5.41) is 32.8. The van der Waals surface area contributed by atoms with Crippen molar-refractivity contribution in [1.82, 2.24) is 24.5 Å². The lowest BCUT2D eigenvalue weighted by molar-refractivity contribution is -0.149. The second-order valence-electron chi connectivity index (χ2n) is 8.36. The second-order valence-corrected chi connectivity index (χ2v) is 8.36. The van der Waals surface area contributed by atoms with Gasteiger partial charge < -0.3 is 9.67 Å². The van der Waals surface area contributed by atoms with Crippen molar-refractivity contribution in [2.75, 3.05) is 0 Å². The number of carboxylic acids is 1. The molecule has 0 bridgehead atoms. The molecule has 3 heterocycles. The quantitative estimate of drug-likeness (QED) is 0.706. The van der Waals surface area contributed by atoms with Crippen molar-refractivity contribution in [3.05, 3.63) is 30.9 Å². The Morgan fingerprint density at radius 1 is 1.38 bits per heavy atom. The Morgan fingerprint density at radius 2 is 2.17 bits per heavy atom. The van der Waals surface area contributed by atoms with Gasteiger partial charge in [0.1, 0.15) is 0 Å².